The fourth-order valence-corrected chi connectivity index (χ4v) is 6.00. The Morgan fingerprint density at radius 3 is 2.24 bits per heavy atom. The number of carbonyl (C=O) groups is 2. The molecule has 0 heterocycles. The number of anilines is 1. The van der Waals surface area contributed by atoms with Gasteiger partial charge in [0.05, 0.1) is 5.69 Å². The van der Waals surface area contributed by atoms with Gasteiger partial charge in [-0.1, -0.05) is 77.5 Å². The molecular weight excluding hydrogens is 604 g/mol. The van der Waals surface area contributed by atoms with E-state index < -0.39 is 28.7 Å². The average molecular weight is 644 g/mol. The molecule has 3 aromatic carbocycles. The van der Waals surface area contributed by atoms with Crippen LogP contribution in [-0.2, 0) is 32.8 Å². The van der Waals surface area contributed by atoms with E-state index in [1.54, 1.807) is 6.07 Å². The van der Waals surface area contributed by atoms with Gasteiger partial charge in [0.15, 0.2) is 0 Å². The molecule has 220 valence electrons. The number of halogens is 1. The summed E-state index contributed by atoms with van der Waals surface area (Å²) < 4.78 is 30.2. The first-order chi connectivity index (χ1) is 19.4. The molecule has 0 aromatic heterocycles. The highest BCUT2D eigenvalue weighted by molar-refractivity contribution is 9.10. The topological polar surface area (TPSA) is 90.0 Å². The number of aryl methyl sites for hydroxylation is 2. The Labute approximate surface area is 252 Å². The van der Waals surface area contributed by atoms with Crippen LogP contribution in [0.15, 0.2) is 77.3 Å². The zero-order chi connectivity index (χ0) is 30.2. The van der Waals surface area contributed by atoms with Crippen LogP contribution in [0.25, 0.3) is 0 Å². The van der Waals surface area contributed by atoms with Gasteiger partial charge in [0.1, 0.15) is 12.6 Å². The maximum absolute atomic E-state index is 14.3. The Balaban J connectivity index is 2.12. The molecule has 0 aliphatic rings. The molecule has 3 rings (SSSR count). The van der Waals surface area contributed by atoms with Crippen LogP contribution in [0.3, 0.4) is 0 Å². The fraction of sp³-hybridized carbons (Fsp3) is 0.355. The van der Waals surface area contributed by atoms with E-state index in [9.17, 15) is 18.0 Å². The van der Waals surface area contributed by atoms with Gasteiger partial charge in [-0.2, -0.15) is 12.7 Å². The zero-order valence-electron chi connectivity index (χ0n) is 24.3. The van der Waals surface area contributed by atoms with E-state index >= 15 is 0 Å². The minimum atomic E-state index is -4.05. The fourth-order valence-electron chi connectivity index (χ4n) is 4.44. The van der Waals surface area contributed by atoms with Gasteiger partial charge >= 0.3 is 10.2 Å². The van der Waals surface area contributed by atoms with Crippen LogP contribution in [0.5, 0.6) is 0 Å². The van der Waals surface area contributed by atoms with Crippen molar-refractivity contribution in [2.75, 3.05) is 31.5 Å². The highest BCUT2D eigenvalue weighted by Crippen LogP contribution is 2.26. The normalized spacial score (nSPS) is 12.2. The highest BCUT2D eigenvalue weighted by Gasteiger charge is 2.35. The molecule has 1 N–H and O–H groups in total. The lowest BCUT2D eigenvalue weighted by Gasteiger charge is -2.35. The van der Waals surface area contributed by atoms with Crippen molar-refractivity contribution in [3.63, 3.8) is 0 Å². The smallest absolute Gasteiger partial charge is 0.304 e. The number of benzene rings is 3. The first kappa shape index (κ1) is 32.3. The number of hydrogen-bond acceptors (Lipinski definition) is 4. The van der Waals surface area contributed by atoms with Gasteiger partial charge in [0, 0.05) is 38.1 Å². The Kier molecular flexibility index (Phi) is 11.5. The standard InChI is InChI=1S/C31H39BrN4O4S/c1-6-17-33-31(38)29(20-25-11-8-7-9-12-25)35(21-26-13-10-14-27(32)19-26)30(37)22-36(41(39,40)34(4)5)28-18-23(2)15-16-24(28)3/h7-16,18-19,29H,6,17,20-22H2,1-5H3,(H,33,38). The molecule has 0 radical (unpaired) electrons. The number of carbonyl (C=O) groups excluding carboxylic acids is 2. The third-order valence-corrected chi connectivity index (χ3v) is 9.01. The summed E-state index contributed by atoms with van der Waals surface area (Å²) in [5.74, 6) is -0.767. The Bertz CT molecular complexity index is 1450. The number of amides is 2. The highest BCUT2D eigenvalue weighted by atomic mass is 79.9. The van der Waals surface area contributed by atoms with Gasteiger partial charge < -0.3 is 10.2 Å². The Morgan fingerprint density at radius 2 is 1.61 bits per heavy atom. The predicted molar refractivity (Wildman–Crippen MR) is 168 cm³/mol. The van der Waals surface area contributed by atoms with Crippen LogP contribution < -0.4 is 9.62 Å². The largest absolute Gasteiger partial charge is 0.354 e. The maximum atomic E-state index is 14.3. The molecule has 0 aliphatic heterocycles. The second kappa shape index (κ2) is 14.6. The molecule has 0 saturated carbocycles. The first-order valence-electron chi connectivity index (χ1n) is 13.6. The molecule has 10 heteroatoms. The lowest BCUT2D eigenvalue weighted by atomic mass is 10.0. The Morgan fingerprint density at radius 1 is 0.927 bits per heavy atom. The quantitative estimate of drug-likeness (QED) is 0.289. The predicted octanol–water partition coefficient (Wildman–Crippen LogP) is 4.85. The first-order valence-corrected chi connectivity index (χ1v) is 15.8. The molecule has 0 fully saturated rings. The lowest BCUT2D eigenvalue weighted by Crippen LogP contribution is -2.54. The van der Waals surface area contributed by atoms with Crippen LogP contribution in [0.1, 0.15) is 35.6 Å². The van der Waals surface area contributed by atoms with Gasteiger partial charge in [-0.05, 0) is 60.7 Å². The van der Waals surface area contributed by atoms with Gasteiger partial charge in [-0.3, -0.25) is 9.59 Å². The maximum Gasteiger partial charge on any atom is 0.304 e. The summed E-state index contributed by atoms with van der Waals surface area (Å²) in [4.78, 5) is 29.4. The van der Waals surface area contributed by atoms with E-state index in [-0.39, 0.29) is 18.9 Å². The van der Waals surface area contributed by atoms with Crippen molar-refractivity contribution in [3.8, 4) is 0 Å². The summed E-state index contributed by atoms with van der Waals surface area (Å²) in [5, 5.41) is 2.95. The molecule has 0 saturated heterocycles. The van der Waals surface area contributed by atoms with Crippen molar-refractivity contribution in [1.29, 1.82) is 0 Å². The van der Waals surface area contributed by atoms with E-state index in [1.807, 2.05) is 87.5 Å². The summed E-state index contributed by atoms with van der Waals surface area (Å²) in [6, 6.07) is 21.7. The number of hydrogen-bond donors (Lipinski definition) is 1. The van der Waals surface area contributed by atoms with Crippen LogP contribution in [-0.4, -0.2) is 62.7 Å². The molecule has 2 amide bonds. The molecule has 1 unspecified atom stereocenters. The van der Waals surface area contributed by atoms with Crippen molar-refractivity contribution >= 4 is 43.6 Å². The molecule has 0 aliphatic carbocycles. The van der Waals surface area contributed by atoms with Crippen LogP contribution in [0, 0.1) is 13.8 Å². The monoisotopic (exact) mass is 642 g/mol. The SMILES string of the molecule is CCCNC(=O)C(Cc1ccccc1)N(Cc1cccc(Br)c1)C(=O)CN(c1cc(C)ccc1C)S(=O)(=O)N(C)C. The summed E-state index contributed by atoms with van der Waals surface area (Å²) in [5.41, 5.74) is 3.70. The van der Waals surface area contributed by atoms with Crippen LogP contribution >= 0.6 is 15.9 Å². The van der Waals surface area contributed by atoms with Gasteiger partial charge in [-0.25, -0.2) is 4.31 Å². The zero-order valence-corrected chi connectivity index (χ0v) is 26.7. The molecule has 1 atom stereocenters. The van der Waals surface area contributed by atoms with Crippen molar-refractivity contribution in [2.24, 2.45) is 0 Å². The summed E-state index contributed by atoms with van der Waals surface area (Å²) >= 11 is 3.49. The van der Waals surface area contributed by atoms with E-state index in [0.29, 0.717) is 17.8 Å². The summed E-state index contributed by atoms with van der Waals surface area (Å²) in [7, 11) is -1.17. The van der Waals surface area contributed by atoms with Crippen molar-refractivity contribution in [1.82, 2.24) is 14.5 Å². The Hall–Kier alpha value is -3.21. The van der Waals surface area contributed by atoms with Gasteiger partial charge in [-0.15, -0.1) is 0 Å². The molecular formula is C31H39BrN4O4S. The average Bonchev–Trinajstić information content (AvgIpc) is 2.94. The molecule has 0 bridgehead atoms. The second-order valence-corrected chi connectivity index (χ2v) is 13.2. The number of nitrogens with zero attached hydrogens (tertiary/aromatic N) is 3. The summed E-state index contributed by atoms with van der Waals surface area (Å²) in [6.07, 6.45) is 1.02. The second-order valence-electron chi connectivity index (χ2n) is 10.2. The molecule has 3 aromatic rings. The minimum absolute atomic E-state index is 0.123. The van der Waals surface area contributed by atoms with Crippen LogP contribution in [0.4, 0.5) is 5.69 Å². The summed E-state index contributed by atoms with van der Waals surface area (Å²) in [6.45, 7) is 5.77. The van der Waals surface area contributed by atoms with Crippen molar-refractivity contribution < 1.29 is 18.0 Å². The molecule has 41 heavy (non-hydrogen) atoms. The third kappa shape index (κ3) is 8.64. The lowest BCUT2D eigenvalue weighted by molar-refractivity contribution is -0.140. The van der Waals surface area contributed by atoms with Gasteiger partial charge in [0.2, 0.25) is 11.8 Å². The van der Waals surface area contributed by atoms with Crippen molar-refractivity contribution in [2.45, 2.75) is 46.2 Å². The molecule has 8 nitrogen and oxygen atoms in total. The van der Waals surface area contributed by atoms with E-state index in [0.717, 1.165) is 36.2 Å². The van der Waals surface area contributed by atoms with E-state index in [2.05, 4.69) is 21.2 Å². The minimum Gasteiger partial charge on any atom is -0.354 e. The van der Waals surface area contributed by atoms with Crippen LogP contribution in [0.2, 0.25) is 0 Å². The third-order valence-electron chi connectivity index (χ3n) is 6.71. The number of rotatable bonds is 13. The van der Waals surface area contributed by atoms with Gasteiger partial charge in [0.25, 0.3) is 0 Å². The van der Waals surface area contributed by atoms with E-state index in [4.69, 9.17) is 0 Å². The molecule has 0 spiro atoms. The van der Waals surface area contributed by atoms with Crippen molar-refractivity contribution in [3.05, 3.63) is 99.5 Å². The van der Waals surface area contributed by atoms with E-state index in [1.165, 1.54) is 19.0 Å². The number of nitrogens with one attached hydrogen (secondary N) is 1.